The van der Waals surface area contributed by atoms with Gasteiger partial charge in [-0.25, -0.2) is 4.98 Å². The van der Waals surface area contributed by atoms with Crippen molar-refractivity contribution in [1.82, 2.24) is 9.55 Å². The molecule has 0 aliphatic rings. The molecule has 0 aromatic carbocycles. The van der Waals surface area contributed by atoms with Crippen LogP contribution in [0.15, 0.2) is 24.4 Å². The van der Waals surface area contributed by atoms with Crippen LogP contribution in [0.3, 0.4) is 0 Å². The molecule has 0 aliphatic carbocycles. The number of hydrogen-bond acceptors (Lipinski definition) is 1. The minimum atomic E-state index is 0.555. The van der Waals surface area contributed by atoms with Crippen LogP contribution < -0.4 is 0 Å². The molecular weight excluding hydrogens is 160 g/mol. The summed E-state index contributed by atoms with van der Waals surface area (Å²) in [6, 6.07) is 6.30. The van der Waals surface area contributed by atoms with Gasteiger partial charge in [0.15, 0.2) is 0 Å². The average Bonchev–Trinajstić information content (AvgIpc) is 2.45. The van der Waals surface area contributed by atoms with Crippen molar-refractivity contribution < 1.29 is 0 Å². The molecule has 0 N–H and O–H groups in total. The Morgan fingerprint density at radius 1 is 1.38 bits per heavy atom. The normalized spacial score (nSPS) is 11.4. The van der Waals surface area contributed by atoms with Crippen LogP contribution >= 0.6 is 0 Å². The predicted molar refractivity (Wildman–Crippen MR) is 54.8 cm³/mol. The van der Waals surface area contributed by atoms with Gasteiger partial charge in [0.25, 0.3) is 0 Å². The molecule has 0 bridgehead atoms. The van der Waals surface area contributed by atoms with Crippen molar-refractivity contribution in [3.63, 3.8) is 0 Å². The van der Waals surface area contributed by atoms with Gasteiger partial charge in [0.05, 0.1) is 0 Å². The van der Waals surface area contributed by atoms with E-state index in [1.54, 1.807) is 0 Å². The van der Waals surface area contributed by atoms with Crippen LogP contribution in [0.25, 0.3) is 11.0 Å². The Labute approximate surface area is 78.2 Å². The fourth-order valence-corrected chi connectivity index (χ4v) is 1.73. The number of aromatic nitrogens is 2. The van der Waals surface area contributed by atoms with E-state index in [-0.39, 0.29) is 0 Å². The summed E-state index contributed by atoms with van der Waals surface area (Å²) in [6.07, 6.45) is 1.84. The third-order valence-corrected chi connectivity index (χ3v) is 2.42. The van der Waals surface area contributed by atoms with Crippen LogP contribution in [0, 0.1) is 0 Å². The Morgan fingerprint density at radius 3 is 2.77 bits per heavy atom. The number of aryl methyl sites for hydroxylation is 1. The van der Waals surface area contributed by atoms with Gasteiger partial charge >= 0.3 is 0 Å². The Hall–Kier alpha value is -1.31. The van der Waals surface area contributed by atoms with E-state index < -0.39 is 0 Å². The third kappa shape index (κ3) is 1.22. The lowest BCUT2D eigenvalue weighted by atomic mass is 10.1. The van der Waals surface area contributed by atoms with Crippen molar-refractivity contribution >= 4 is 11.0 Å². The fraction of sp³-hybridized carbons (Fsp3) is 0.364. The highest BCUT2D eigenvalue weighted by Crippen LogP contribution is 2.21. The summed E-state index contributed by atoms with van der Waals surface area (Å²) in [5.41, 5.74) is 2.42. The molecule has 0 fully saturated rings. The first-order chi connectivity index (χ1) is 6.20. The van der Waals surface area contributed by atoms with Crippen LogP contribution in [0.5, 0.6) is 0 Å². The zero-order chi connectivity index (χ0) is 9.42. The minimum absolute atomic E-state index is 0.555. The molecule has 0 atom stereocenters. The molecule has 2 nitrogen and oxygen atoms in total. The molecule has 2 aromatic rings. The van der Waals surface area contributed by atoms with Gasteiger partial charge in [0, 0.05) is 24.3 Å². The quantitative estimate of drug-likeness (QED) is 0.650. The summed E-state index contributed by atoms with van der Waals surface area (Å²) in [4.78, 5) is 4.35. The number of hydrogen-bond donors (Lipinski definition) is 0. The van der Waals surface area contributed by atoms with Crippen LogP contribution in [-0.2, 0) is 7.05 Å². The lowest BCUT2D eigenvalue weighted by molar-refractivity contribution is 0.751. The molecule has 2 heteroatoms. The summed E-state index contributed by atoms with van der Waals surface area (Å²) in [5.74, 6) is 0.555. The van der Waals surface area contributed by atoms with Crippen LogP contribution in [0.4, 0.5) is 0 Å². The fourth-order valence-electron chi connectivity index (χ4n) is 1.73. The van der Waals surface area contributed by atoms with E-state index >= 15 is 0 Å². The highest BCUT2D eigenvalue weighted by Gasteiger charge is 2.08. The summed E-state index contributed by atoms with van der Waals surface area (Å²) in [5, 5.41) is 1.23. The topological polar surface area (TPSA) is 17.8 Å². The van der Waals surface area contributed by atoms with E-state index in [2.05, 4.69) is 42.6 Å². The maximum absolute atomic E-state index is 4.35. The summed E-state index contributed by atoms with van der Waals surface area (Å²) < 4.78 is 2.17. The van der Waals surface area contributed by atoms with Crippen molar-refractivity contribution in [2.45, 2.75) is 19.8 Å². The van der Waals surface area contributed by atoms with Gasteiger partial charge < -0.3 is 4.57 Å². The molecule has 2 heterocycles. The number of pyridine rings is 1. The minimum Gasteiger partial charge on any atom is -0.332 e. The van der Waals surface area contributed by atoms with E-state index in [0.29, 0.717) is 5.92 Å². The standard InChI is InChI=1S/C11H14N2/c1-8(2)10-7-9-5-4-6-12-11(9)13(10)3/h4-8H,1-3H3. The maximum Gasteiger partial charge on any atom is 0.139 e. The van der Waals surface area contributed by atoms with Gasteiger partial charge in [-0.15, -0.1) is 0 Å². The molecule has 0 spiro atoms. The molecule has 0 saturated carbocycles. The van der Waals surface area contributed by atoms with Gasteiger partial charge in [-0.05, 0) is 24.1 Å². The Kier molecular flexibility index (Phi) is 1.83. The largest absolute Gasteiger partial charge is 0.332 e. The van der Waals surface area contributed by atoms with Gasteiger partial charge in [0.1, 0.15) is 5.65 Å². The molecule has 0 amide bonds. The predicted octanol–water partition coefficient (Wildman–Crippen LogP) is 2.70. The van der Waals surface area contributed by atoms with Crippen molar-refractivity contribution in [1.29, 1.82) is 0 Å². The zero-order valence-corrected chi connectivity index (χ0v) is 8.28. The van der Waals surface area contributed by atoms with Gasteiger partial charge in [-0.2, -0.15) is 0 Å². The summed E-state index contributed by atoms with van der Waals surface area (Å²) >= 11 is 0. The Bertz CT molecular complexity index is 427. The van der Waals surface area contributed by atoms with E-state index in [0.717, 1.165) is 5.65 Å². The molecule has 0 unspecified atom stereocenters. The molecular formula is C11H14N2. The number of rotatable bonds is 1. The van der Waals surface area contributed by atoms with Crippen molar-refractivity contribution in [2.75, 3.05) is 0 Å². The lowest BCUT2D eigenvalue weighted by Crippen LogP contribution is -1.98. The van der Waals surface area contributed by atoms with Crippen LogP contribution in [0.1, 0.15) is 25.5 Å². The average molecular weight is 174 g/mol. The van der Waals surface area contributed by atoms with E-state index in [4.69, 9.17) is 0 Å². The summed E-state index contributed by atoms with van der Waals surface area (Å²) in [6.45, 7) is 4.41. The maximum atomic E-state index is 4.35. The van der Waals surface area contributed by atoms with Gasteiger partial charge in [-0.1, -0.05) is 13.8 Å². The molecule has 0 radical (unpaired) electrons. The van der Waals surface area contributed by atoms with Crippen molar-refractivity contribution in [3.8, 4) is 0 Å². The zero-order valence-electron chi connectivity index (χ0n) is 8.28. The monoisotopic (exact) mass is 174 g/mol. The molecule has 13 heavy (non-hydrogen) atoms. The van der Waals surface area contributed by atoms with E-state index in [1.807, 2.05) is 12.3 Å². The number of nitrogens with zero attached hydrogens (tertiary/aromatic N) is 2. The smallest absolute Gasteiger partial charge is 0.139 e. The van der Waals surface area contributed by atoms with Gasteiger partial charge in [0.2, 0.25) is 0 Å². The number of fused-ring (bicyclic) bond motifs is 1. The molecule has 2 rings (SSSR count). The lowest BCUT2D eigenvalue weighted by Gasteiger charge is -2.05. The second-order valence-electron chi connectivity index (χ2n) is 3.70. The molecule has 2 aromatic heterocycles. The second kappa shape index (κ2) is 2.87. The van der Waals surface area contributed by atoms with Crippen LogP contribution in [0.2, 0.25) is 0 Å². The molecule has 68 valence electrons. The first-order valence-electron chi connectivity index (χ1n) is 4.60. The van der Waals surface area contributed by atoms with Crippen molar-refractivity contribution in [2.24, 2.45) is 7.05 Å². The third-order valence-electron chi connectivity index (χ3n) is 2.42. The van der Waals surface area contributed by atoms with Crippen LogP contribution in [-0.4, -0.2) is 9.55 Å². The highest BCUT2D eigenvalue weighted by molar-refractivity contribution is 5.77. The Morgan fingerprint density at radius 2 is 2.15 bits per heavy atom. The first-order valence-corrected chi connectivity index (χ1v) is 4.60. The van der Waals surface area contributed by atoms with E-state index in [9.17, 15) is 0 Å². The second-order valence-corrected chi connectivity index (χ2v) is 3.70. The molecule has 0 aliphatic heterocycles. The first kappa shape index (κ1) is 8.30. The van der Waals surface area contributed by atoms with Crippen molar-refractivity contribution in [3.05, 3.63) is 30.1 Å². The summed E-state index contributed by atoms with van der Waals surface area (Å²) in [7, 11) is 2.07. The molecule has 0 saturated heterocycles. The highest BCUT2D eigenvalue weighted by atomic mass is 15.0. The van der Waals surface area contributed by atoms with Gasteiger partial charge in [-0.3, -0.25) is 0 Å². The van der Waals surface area contributed by atoms with E-state index in [1.165, 1.54) is 11.1 Å². The Balaban J connectivity index is 2.74. The SMILES string of the molecule is CC(C)c1cc2cccnc2n1C.